The van der Waals surface area contributed by atoms with Crippen molar-refractivity contribution in [1.82, 2.24) is 5.32 Å². The Morgan fingerprint density at radius 3 is 1.58 bits per heavy atom. The maximum absolute atomic E-state index is 12.8. The van der Waals surface area contributed by atoms with Gasteiger partial charge in [-0.2, -0.15) is 0 Å². The standard InChI is InChI=1S/C30H25NO2/c1-2-29(32)28(21-22-13-15-25(16-14-22)23-9-5-3-6-10-23)31-30(33)27-19-17-26(18-20-27)24-11-7-4-8-12-24/h3-21H,2H2,1H3,(H,31,33)/b28-21+. The van der Waals surface area contributed by atoms with E-state index in [-0.39, 0.29) is 11.7 Å². The average Bonchev–Trinajstić information content (AvgIpc) is 2.89. The fourth-order valence-electron chi connectivity index (χ4n) is 3.58. The van der Waals surface area contributed by atoms with E-state index < -0.39 is 0 Å². The van der Waals surface area contributed by atoms with Crippen LogP contribution in [0.3, 0.4) is 0 Å². The van der Waals surface area contributed by atoms with Crippen molar-refractivity contribution in [3.63, 3.8) is 0 Å². The van der Waals surface area contributed by atoms with Gasteiger partial charge >= 0.3 is 0 Å². The lowest BCUT2D eigenvalue weighted by atomic mass is 10.0. The van der Waals surface area contributed by atoms with Crippen LogP contribution in [0.1, 0.15) is 29.3 Å². The number of carbonyl (C=O) groups excluding carboxylic acids is 2. The summed E-state index contributed by atoms with van der Waals surface area (Å²) in [6.07, 6.45) is 2.04. The molecule has 4 rings (SSSR count). The number of Topliss-reactive ketones (excluding diaryl/α,β-unsaturated/α-hetero) is 1. The summed E-state index contributed by atoms with van der Waals surface area (Å²) in [4.78, 5) is 25.4. The minimum absolute atomic E-state index is 0.114. The van der Waals surface area contributed by atoms with Crippen LogP contribution in [-0.2, 0) is 4.79 Å². The van der Waals surface area contributed by atoms with Crippen LogP contribution in [0.15, 0.2) is 115 Å². The van der Waals surface area contributed by atoms with Crippen molar-refractivity contribution >= 4 is 17.8 Å². The Morgan fingerprint density at radius 1 is 0.636 bits per heavy atom. The molecule has 33 heavy (non-hydrogen) atoms. The number of ketones is 1. The monoisotopic (exact) mass is 431 g/mol. The first-order chi connectivity index (χ1) is 16.1. The maximum atomic E-state index is 12.8. The summed E-state index contributed by atoms with van der Waals surface area (Å²) >= 11 is 0. The molecule has 0 radical (unpaired) electrons. The van der Waals surface area contributed by atoms with Gasteiger partial charge in [-0.3, -0.25) is 9.59 Å². The largest absolute Gasteiger partial charge is 0.319 e. The molecule has 3 nitrogen and oxygen atoms in total. The highest BCUT2D eigenvalue weighted by Crippen LogP contribution is 2.21. The molecule has 0 unspecified atom stereocenters. The molecular weight excluding hydrogens is 406 g/mol. The summed E-state index contributed by atoms with van der Waals surface area (Å²) in [7, 11) is 0. The molecule has 0 fully saturated rings. The van der Waals surface area contributed by atoms with E-state index in [2.05, 4.69) is 17.4 Å². The number of hydrogen-bond acceptors (Lipinski definition) is 2. The lowest BCUT2D eigenvalue weighted by Gasteiger charge is -2.10. The summed E-state index contributed by atoms with van der Waals surface area (Å²) in [6, 6.07) is 35.4. The molecule has 0 aliphatic heterocycles. The molecule has 0 aliphatic rings. The van der Waals surface area contributed by atoms with Gasteiger partial charge in [0.25, 0.3) is 5.91 Å². The number of amides is 1. The zero-order valence-corrected chi connectivity index (χ0v) is 18.5. The molecule has 0 aliphatic carbocycles. The second kappa shape index (κ2) is 10.4. The molecule has 0 spiro atoms. The lowest BCUT2D eigenvalue weighted by Crippen LogP contribution is -2.27. The molecule has 0 saturated heterocycles. The molecule has 0 bridgehead atoms. The number of rotatable bonds is 7. The van der Waals surface area contributed by atoms with E-state index in [1.165, 1.54) is 0 Å². The van der Waals surface area contributed by atoms with Crippen LogP contribution < -0.4 is 5.32 Å². The molecule has 4 aromatic rings. The van der Waals surface area contributed by atoms with Crippen molar-refractivity contribution < 1.29 is 9.59 Å². The van der Waals surface area contributed by atoms with Crippen molar-refractivity contribution in [3.05, 3.63) is 126 Å². The Hall–Kier alpha value is -4.24. The van der Waals surface area contributed by atoms with E-state index in [0.717, 1.165) is 27.8 Å². The molecule has 4 aromatic carbocycles. The zero-order chi connectivity index (χ0) is 23.0. The molecule has 1 N–H and O–H groups in total. The molecule has 0 saturated carbocycles. The van der Waals surface area contributed by atoms with E-state index >= 15 is 0 Å². The van der Waals surface area contributed by atoms with Crippen LogP contribution in [-0.4, -0.2) is 11.7 Å². The predicted molar refractivity (Wildman–Crippen MR) is 134 cm³/mol. The van der Waals surface area contributed by atoms with E-state index in [1.54, 1.807) is 25.1 Å². The Morgan fingerprint density at radius 2 is 1.09 bits per heavy atom. The summed E-state index contributed by atoms with van der Waals surface area (Å²) in [5.74, 6) is -0.417. The van der Waals surface area contributed by atoms with Crippen molar-refractivity contribution in [1.29, 1.82) is 0 Å². The maximum Gasteiger partial charge on any atom is 0.255 e. The smallest absolute Gasteiger partial charge is 0.255 e. The molecule has 1 amide bonds. The average molecular weight is 432 g/mol. The topological polar surface area (TPSA) is 46.2 Å². The zero-order valence-electron chi connectivity index (χ0n) is 18.5. The van der Waals surface area contributed by atoms with Gasteiger partial charge in [0, 0.05) is 12.0 Å². The fourth-order valence-corrected chi connectivity index (χ4v) is 3.58. The van der Waals surface area contributed by atoms with Gasteiger partial charge in [-0.15, -0.1) is 0 Å². The van der Waals surface area contributed by atoms with Crippen LogP contribution in [0, 0.1) is 0 Å². The first-order valence-corrected chi connectivity index (χ1v) is 11.0. The highest BCUT2D eigenvalue weighted by Gasteiger charge is 2.13. The van der Waals surface area contributed by atoms with Crippen LogP contribution in [0.25, 0.3) is 28.3 Å². The molecule has 162 valence electrons. The molecule has 0 heterocycles. The van der Waals surface area contributed by atoms with E-state index in [0.29, 0.717) is 17.7 Å². The first kappa shape index (κ1) is 22.0. The lowest BCUT2D eigenvalue weighted by molar-refractivity contribution is -0.115. The number of nitrogens with one attached hydrogen (secondary N) is 1. The highest BCUT2D eigenvalue weighted by molar-refractivity contribution is 6.06. The van der Waals surface area contributed by atoms with Gasteiger partial charge in [-0.25, -0.2) is 0 Å². The Balaban J connectivity index is 1.52. The minimum Gasteiger partial charge on any atom is -0.319 e. The summed E-state index contributed by atoms with van der Waals surface area (Å²) in [6.45, 7) is 1.79. The van der Waals surface area contributed by atoms with Crippen LogP contribution in [0.5, 0.6) is 0 Å². The fraction of sp³-hybridized carbons (Fsp3) is 0.0667. The van der Waals surface area contributed by atoms with Gasteiger partial charge in [-0.05, 0) is 46.0 Å². The van der Waals surface area contributed by atoms with E-state index in [4.69, 9.17) is 0 Å². The van der Waals surface area contributed by atoms with Crippen molar-refractivity contribution in [2.45, 2.75) is 13.3 Å². The van der Waals surface area contributed by atoms with Crippen LogP contribution in [0.2, 0.25) is 0 Å². The quantitative estimate of drug-likeness (QED) is 0.328. The summed E-state index contributed by atoms with van der Waals surface area (Å²) in [5, 5.41) is 2.81. The Labute approximate surface area is 194 Å². The summed E-state index contributed by atoms with van der Waals surface area (Å²) in [5.41, 5.74) is 6.00. The normalized spacial score (nSPS) is 11.1. The number of hydrogen-bond donors (Lipinski definition) is 1. The third-order valence-corrected chi connectivity index (χ3v) is 5.45. The van der Waals surface area contributed by atoms with Gasteiger partial charge in [-0.1, -0.05) is 104 Å². The van der Waals surface area contributed by atoms with Gasteiger partial charge in [0.15, 0.2) is 5.78 Å². The van der Waals surface area contributed by atoms with E-state index in [1.807, 2.05) is 84.9 Å². The second-order valence-electron chi connectivity index (χ2n) is 7.72. The van der Waals surface area contributed by atoms with Gasteiger partial charge in [0.2, 0.25) is 0 Å². The Bertz CT molecular complexity index is 1260. The van der Waals surface area contributed by atoms with Crippen molar-refractivity contribution in [3.8, 4) is 22.3 Å². The van der Waals surface area contributed by atoms with Gasteiger partial charge < -0.3 is 5.32 Å². The molecule has 0 aromatic heterocycles. The second-order valence-corrected chi connectivity index (χ2v) is 7.72. The van der Waals surface area contributed by atoms with Crippen LogP contribution in [0.4, 0.5) is 0 Å². The van der Waals surface area contributed by atoms with Crippen molar-refractivity contribution in [2.75, 3.05) is 0 Å². The highest BCUT2D eigenvalue weighted by atomic mass is 16.2. The first-order valence-electron chi connectivity index (χ1n) is 11.0. The third-order valence-electron chi connectivity index (χ3n) is 5.45. The van der Waals surface area contributed by atoms with Crippen molar-refractivity contribution in [2.24, 2.45) is 0 Å². The minimum atomic E-state index is -0.302. The van der Waals surface area contributed by atoms with E-state index in [9.17, 15) is 9.59 Å². The number of allylic oxidation sites excluding steroid dienone is 1. The SMILES string of the molecule is CCC(=O)/C(=C\c1ccc(-c2ccccc2)cc1)NC(=O)c1ccc(-c2ccccc2)cc1. The number of benzene rings is 4. The molecule has 0 atom stereocenters. The molecular formula is C30H25NO2. The third kappa shape index (κ3) is 5.52. The number of carbonyl (C=O) groups is 2. The van der Waals surface area contributed by atoms with Gasteiger partial charge in [0.1, 0.15) is 0 Å². The summed E-state index contributed by atoms with van der Waals surface area (Å²) < 4.78 is 0. The Kier molecular flexibility index (Phi) is 6.91. The van der Waals surface area contributed by atoms with Crippen LogP contribution >= 0.6 is 0 Å². The molecule has 3 heteroatoms. The van der Waals surface area contributed by atoms with Gasteiger partial charge in [0.05, 0.1) is 5.70 Å². The predicted octanol–water partition coefficient (Wildman–Crippen LogP) is 6.77.